The summed E-state index contributed by atoms with van der Waals surface area (Å²) in [6.45, 7) is 0. The van der Waals surface area contributed by atoms with Crippen LogP contribution in [0.25, 0.3) is 10.9 Å². The molecule has 1 aromatic heterocycles. The fraction of sp³-hybridized carbons (Fsp3) is 0.125. The van der Waals surface area contributed by atoms with Crippen LogP contribution >= 0.6 is 0 Å². The summed E-state index contributed by atoms with van der Waals surface area (Å²) >= 11 is 0. The van der Waals surface area contributed by atoms with Gasteiger partial charge in [-0.3, -0.25) is 14.8 Å². The fourth-order valence-corrected chi connectivity index (χ4v) is 3.75. The third-order valence-corrected chi connectivity index (χ3v) is 5.18. The molecule has 136 valence electrons. The maximum Gasteiger partial charge on any atom is 0.270 e. The van der Waals surface area contributed by atoms with E-state index >= 15 is 0 Å². The standard InChI is InChI=1S/C16H15N3O6S/c1-24-14-6-3-10(7-15(14)25-2)18-26(22,23)16-9-17-13-5-4-11(19(20)21)8-12(13)16/h3-9,17-18H,1-2H3. The Balaban J connectivity index is 2.02. The molecule has 9 nitrogen and oxygen atoms in total. The number of aromatic amines is 1. The summed E-state index contributed by atoms with van der Waals surface area (Å²) in [7, 11) is -1.07. The minimum absolute atomic E-state index is 0.0917. The number of sulfonamides is 1. The van der Waals surface area contributed by atoms with Crippen molar-refractivity contribution < 1.29 is 22.8 Å². The second-order valence-electron chi connectivity index (χ2n) is 5.32. The van der Waals surface area contributed by atoms with E-state index in [-0.39, 0.29) is 21.7 Å². The number of hydrogen-bond donors (Lipinski definition) is 2. The van der Waals surface area contributed by atoms with Crippen molar-refractivity contribution in [1.82, 2.24) is 4.98 Å². The Morgan fingerprint density at radius 1 is 1.08 bits per heavy atom. The summed E-state index contributed by atoms with van der Waals surface area (Å²) in [6, 6.07) is 8.55. The SMILES string of the molecule is COc1ccc(NS(=O)(=O)c2c[nH]c3ccc([N+](=O)[O-])cc23)cc1OC. The molecule has 0 radical (unpaired) electrons. The molecule has 1 heterocycles. The monoisotopic (exact) mass is 377 g/mol. The van der Waals surface area contributed by atoms with Crippen LogP contribution < -0.4 is 14.2 Å². The van der Waals surface area contributed by atoms with Crippen LogP contribution in [0.3, 0.4) is 0 Å². The van der Waals surface area contributed by atoms with Gasteiger partial charge in [-0.25, -0.2) is 8.42 Å². The Hall–Kier alpha value is -3.27. The average Bonchev–Trinajstić information content (AvgIpc) is 3.05. The molecule has 3 aromatic rings. The molecule has 2 N–H and O–H groups in total. The molecular weight excluding hydrogens is 362 g/mol. The highest BCUT2D eigenvalue weighted by atomic mass is 32.2. The Labute approximate surface area is 148 Å². The number of nitro groups is 1. The molecule has 26 heavy (non-hydrogen) atoms. The van der Waals surface area contributed by atoms with Crippen molar-refractivity contribution in [2.45, 2.75) is 4.90 Å². The normalized spacial score (nSPS) is 11.3. The van der Waals surface area contributed by atoms with Gasteiger partial charge in [0.25, 0.3) is 15.7 Å². The van der Waals surface area contributed by atoms with Gasteiger partial charge in [-0.15, -0.1) is 0 Å². The molecule has 0 amide bonds. The van der Waals surface area contributed by atoms with Crippen LogP contribution in [0.1, 0.15) is 0 Å². The molecule has 0 bridgehead atoms. The van der Waals surface area contributed by atoms with E-state index in [1.54, 1.807) is 6.07 Å². The molecule has 0 aliphatic carbocycles. The molecule has 2 aromatic carbocycles. The number of nitrogens with one attached hydrogen (secondary N) is 2. The largest absolute Gasteiger partial charge is 0.493 e. The molecular formula is C16H15N3O6S. The van der Waals surface area contributed by atoms with Crippen LogP contribution in [-0.2, 0) is 10.0 Å². The number of aromatic nitrogens is 1. The Bertz CT molecular complexity index is 1090. The molecule has 0 aliphatic rings. The first-order valence-corrected chi connectivity index (χ1v) is 8.84. The van der Waals surface area contributed by atoms with Gasteiger partial charge in [0.2, 0.25) is 0 Å². The minimum Gasteiger partial charge on any atom is -0.493 e. The number of H-pyrrole nitrogens is 1. The zero-order chi connectivity index (χ0) is 18.9. The zero-order valence-electron chi connectivity index (χ0n) is 13.8. The van der Waals surface area contributed by atoms with E-state index in [1.807, 2.05) is 0 Å². The molecule has 0 spiro atoms. The molecule has 0 fully saturated rings. The summed E-state index contributed by atoms with van der Waals surface area (Å²) < 4.78 is 38.2. The number of hydrogen-bond acceptors (Lipinski definition) is 6. The second-order valence-corrected chi connectivity index (χ2v) is 6.97. The minimum atomic E-state index is -3.98. The Morgan fingerprint density at radius 3 is 2.46 bits per heavy atom. The predicted molar refractivity (Wildman–Crippen MR) is 95.3 cm³/mol. The summed E-state index contributed by atoms with van der Waals surface area (Å²) in [6.07, 6.45) is 1.29. The highest BCUT2D eigenvalue weighted by Crippen LogP contribution is 2.32. The first kappa shape index (κ1) is 17.5. The van der Waals surface area contributed by atoms with Crippen molar-refractivity contribution in [2.24, 2.45) is 0 Å². The number of ether oxygens (including phenoxy) is 2. The summed E-state index contributed by atoms with van der Waals surface area (Å²) in [5.41, 5.74) is 0.547. The van der Waals surface area contributed by atoms with Gasteiger partial charge in [0, 0.05) is 35.3 Å². The Morgan fingerprint density at radius 2 is 1.81 bits per heavy atom. The number of non-ortho nitro benzene ring substituents is 1. The molecule has 0 unspecified atom stereocenters. The third-order valence-electron chi connectivity index (χ3n) is 3.76. The molecule has 3 rings (SSSR count). The van der Waals surface area contributed by atoms with E-state index in [4.69, 9.17) is 9.47 Å². The van der Waals surface area contributed by atoms with Gasteiger partial charge in [0.1, 0.15) is 4.90 Å². The third kappa shape index (κ3) is 3.14. The van der Waals surface area contributed by atoms with E-state index in [0.717, 1.165) is 0 Å². The van der Waals surface area contributed by atoms with E-state index in [1.165, 1.54) is 50.7 Å². The van der Waals surface area contributed by atoms with Crippen LogP contribution in [-0.4, -0.2) is 32.5 Å². The van der Waals surface area contributed by atoms with Crippen molar-refractivity contribution in [3.8, 4) is 11.5 Å². The van der Waals surface area contributed by atoms with E-state index in [9.17, 15) is 18.5 Å². The summed E-state index contributed by atoms with van der Waals surface area (Å²) in [4.78, 5) is 13.1. The predicted octanol–water partition coefficient (Wildman–Crippen LogP) is 2.89. The van der Waals surface area contributed by atoms with Crippen LogP contribution in [0, 0.1) is 10.1 Å². The lowest BCUT2D eigenvalue weighted by Gasteiger charge is -2.11. The zero-order valence-corrected chi connectivity index (χ0v) is 14.7. The van der Waals surface area contributed by atoms with Crippen LogP contribution in [0.5, 0.6) is 11.5 Å². The van der Waals surface area contributed by atoms with E-state index in [0.29, 0.717) is 17.0 Å². The summed E-state index contributed by atoms with van der Waals surface area (Å²) in [5, 5.41) is 11.2. The van der Waals surface area contributed by atoms with Gasteiger partial charge in [-0.1, -0.05) is 0 Å². The van der Waals surface area contributed by atoms with Gasteiger partial charge in [-0.2, -0.15) is 0 Å². The number of nitrogens with zero attached hydrogens (tertiary/aromatic N) is 1. The number of benzene rings is 2. The molecule has 10 heteroatoms. The number of methoxy groups -OCH3 is 2. The molecule has 0 aliphatic heterocycles. The molecule has 0 saturated heterocycles. The van der Waals surface area contributed by atoms with Gasteiger partial charge in [0.05, 0.1) is 24.8 Å². The van der Waals surface area contributed by atoms with Crippen LogP contribution in [0.15, 0.2) is 47.5 Å². The van der Waals surface area contributed by atoms with Crippen molar-refractivity contribution in [2.75, 3.05) is 18.9 Å². The van der Waals surface area contributed by atoms with Crippen molar-refractivity contribution in [1.29, 1.82) is 0 Å². The van der Waals surface area contributed by atoms with E-state index < -0.39 is 14.9 Å². The lowest BCUT2D eigenvalue weighted by molar-refractivity contribution is -0.384. The van der Waals surface area contributed by atoms with Gasteiger partial charge >= 0.3 is 0 Å². The number of rotatable bonds is 6. The first-order valence-electron chi connectivity index (χ1n) is 7.36. The van der Waals surface area contributed by atoms with Crippen molar-refractivity contribution in [3.05, 3.63) is 52.7 Å². The van der Waals surface area contributed by atoms with Crippen molar-refractivity contribution in [3.63, 3.8) is 0 Å². The topological polar surface area (TPSA) is 124 Å². The van der Waals surface area contributed by atoms with Gasteiger partial charge in [0.15, 0.2) is 11.5 Å². The number of nitro benzene ring substituents is 1. The van der Waals surface area contributed by atoms with Gasteiger partial charge in [-0.05, 0) is 18.2 Å². The fourth-order valence-electron chi connectivity index (χ4n) is 2.53. The van der Waals surface area contributed by atoms with Crippen LogP contribution in [0.4, 0.5) is 11.4 Å². The Kier molecular flexibility index (Phi) is 4.43. The van der Waals surface area contributed by atoms with E-state index in [2.05, 4.69) is 9.71 Å². The smallest absolute Gasteiger partial charge is 0.270 e. The second kappa shape index (κ2) is 6.56. The number of fused-ring (bicyclic) bond motifs is 1. The number of anilines is 1. The summed E-state index contributed by atoms with van der Waals surface area (Å²) in [5.74, 6) is 0.820. The first-order chi connectivity index (χ1) is 12.4. The highest BCUT2D eigenvalue weighted by Gasteiger charge is 2.21. The maximum atomic E-state index is 12.7. The quantitative estimate of drug-likeness (QED) is 0.503. The van der Waals surface area contributed by atoms with Crippen LogP contribution in [0.2, 0.25) is 0 Å². The lowest BCUT2D eigenvalue weighted by atomic mass is 10.2. The average molecular weight is 377 g/mol. The molecule has 0 saturated carbocycles. The highest BCUT2D eigenvalue weighted by molar-refractivity contribution is 7.93. The maximum absolute atomic E-state index is 12.7. The lowest BCUT2D eigenvalue weighted by Crippen LogP contribution is -2.12. The molecule has 0 atom stereocenters. The van der Waals surface area contributed by atoms with Gasteiger partial charge < -0.3 is 14.5 Å². The van der Waals surface area contributed by atoms with Crippen molar-refractivity contribution >= 4 is 32.3 Å².